The van der Waals surface area contributed by atoms with Gasteiger partial charge in [-0.05, 0) is 73.7 Å². The number of methoxy groups -OCH3 is 1. The lowest BCUT2D eigenvalue weighted by molar-refractivity contribution is -0.129. The number of aliphatic hydroxyl groups is 1. The van der Waals surface area contributed by atoms with Crippen LogP contribution in [0.4, 0.5) is 0 Å². The average molecular weight is 653 g/mol. The van der Waals surface area contributed by atoms with E-state index in [1.807, 2.05) is 42.5 Å². The molecule has 0 aliphatic carbocycles. The highest BCUT2D eigenvalue weighted by molar-refractivity contribution is 6.74. The maximum absolute atomic E-state index is 11.6. The first-order valence-electron chi connectivity index (χ1n) is 17.2. The van der Waals surface area contributed by atoms with Crippen molar-refractivity contribution in [2.75, 3.05) is 20.3 Å². The molecule has 1 N–H and O–H groups in total. The molecular formula is C40H64O5Si. The van der Waals surface area contributed by atoms with Gasteiger partial charge in [0.05, 0.1) is 25.4 Å². The molecule has 0 aliphatic heterocycles. The van der Waals surface area contributed by atoms with Gasteiger partial charge in [0.2, 0.25) is 0 Å². The Labute approximate surface area is 282 Å². The van der Waals surface area contributed by atoms with Crippen LogP contribution in [0.15, 0.2) is 85.0 Å². The van der Waals surface area contributed by atoms with Gasteiger partial charge in [-0.2, -0.15) is 0 Å². The van der Waals surface area contributed by atoms with Crippen molar-refractivity contribution in [1.82, 2.24) is 0 Å². The monoisotopic (exact) mass is 652 g/mol. The molecule has 0 fully saturated rings. The Morgan fingerprint density at radius 1 is 0.891 bits per heavy atom. The van der Waals surface area contributed by atoms with E-state index in [4.69, 9.17) is 18.6 Å². The van der Waals surface area contributed by atoms with Crippen LogP contribution in [0.2, 0.25) is 18.1 Å². The fourth-order valence-corrected chi connectivity index (χ4v) is 6.66. The molecule has 258 valence electrons. The summed E-state index contributed by atoms with van der Waals surface area (Å²) in [6, 6.07) is 20.4. The largest absolute Gasteiger partial charge is 0.416 e. The number of aliphatic hydroxyl groups excluding tert-OH is 1. The molecular weight excluding hydrogens is 589 g/mol. The van der Waals surface area contributed by atoms with Crippen LogP contribution in [0.25, 0.3) is 0 Å². The number of hydrogen-bond acceptors (Lipinski definition) is 5. The van der Waals surface area contributed by atoms with Crippen LogP contribution >= 0.6 is 0 Å². The third kappa shape index (κ3) is 14.8. The Morgan fingerprint density at radius 3 is 2.02 bits per heavy atom. The van der Waals surface area contributed by atoms with Gasteiger partial charge in [-0.1, -0.05) is 113 Å². The molecule has 2 rings (SSSR count). The van der Waals surface area contributed by atoms with Crippen molar-refractivity contribution in [1.29, 1.82) is 0 Å². The van der Waals surface area contributed by atoms with Crippen molar-refractivity contribution in [3.63, 3.8) is 0 Å². The number of allylic oxidation sites excluding steroid dienone is 2. The van der Waals surface area contributed by atoms with E-state index in [1.54, 1.807) is 7.11 Å². The van der Waals surface area contributed by atoms with E-state index in [0.29, 0.717) is 32.2 Å². The summed E-state index contributed by atoms with van der Waals surface area (Å²) >= 11 is 0. The van der Waals surface area contributed by atoms with Crippen molar-refractivity contribution < 1.29 is 23.7 Å². The molecule has 6 atom stereocenters. The highest BCUT2D eigenvalue weighted by Crippen LogP contribution is 2.37. The summed E-state index contributed by atoms with van der Waals surface area (Å²) in [6.45, 7) is 24.4. The molecule has 0 aliphatic rings. The van der Waals surface area contributed by atoms with Crippen LogP contribution in [-0.2, 0) is 31.9 Å². The quantitative estimate of drug-likeness (QED) is 0.101. The first-order valence-corrected chi connectivity index (χ1v) is 20.1. The molecule has 2 aromatic rings. The predicted molar refractivity (Wildman–Crippen MR) is 195 cm³/mol. The van der Waals surface area contributed by atoms with Crippen LogP contribution in [0.5, 0.6) is 0 Å². The van der Waals surface area contributed by atoms with Gasteiger partial charge in [0.25, 0.3) is 0 Å². The van der Waals surface area contributed by atoms with Crippen LogP contribution in [0.3, 0.4) is 0 Å². The van der Waals surface area contributed by atoms with Crippen LogP contribution in [0, 0.1) is 17.8 Å². The smallest absolute Gasteiger partial charge is 0.192 e. The number of rotatable bonds is 22. The highest BCUT2D eigenvalue weighted by atomic mass is 28.4. The topological polar surface area (TPSA) is 57.2 Å². The van der Waals surface area contributed by atoms with Gasteiger partial charge in [0.15, 0.2) is 8.32 Å². The molecule has 2 aromatic carbocycles. The fourth-order valence-electron chi connectivity index (χ4n) is 5.59. The number of benzene rings is 2. The molecule has 0 aromatic heterocycles. The normalized spacial score (nSPS) is 16.8. The molecule has 0 radical (unpaired) electrons. The second-order valence-electron chi connectivity index (χ2n) is 14.9. The van der Waals surface area contributed by atoms with Crippen LogP contribution in [0.1, 0.15) is 78.4 Å². The zero-order chi connectivity index (χ0) is 34.2. The Hall–Kier alpha value is -2.06. The summed E-state index contributed by atoms with van der Waals surface area (Å²) in [4.78, 5) is 0. The fraction of sp³-hybridized carbons (Fsp3) is 0.600. The number of ether oxygens (including phenoxy) is 3. The first kappa shape index (κ1) is 40.1. The van der Waals surface area contributed by atoms with Crippen molar-refractivity contribution in [2.45, 2.75) is 117 Å². The van der Waals surface area contributed by atoms with Gasteiger partial charge >= 0.3 is 0 Å². The van der Waals surface area contributed by atoms with E-state index in [2.05, 4.69) is 91.6 Å². The molecule has 0 heterocycles. The third-order valence-electron chi connectivity index (χ3n) is 9.25. The minimum Gasteiger partial charge on any atom is -0.416 e. The van der Waals surface area contributed by atoms with Crippen LogP contribution < -0.4 is 0 Å². The molecule has 0 amide bonds. The second kappa shape index (κ2) is 20.3. The highest BCUT2D eigenvalue weighted by Gasteiger charge is 2.37. The lowest BCUT2D eigenvalue weighted by atomic mass is 9.89. The average Bonchev–Trinajstić information content (AvgIpc) is 2.99. The van der Waals surface area contributed by atoms with E-state index in [0.717, 1.165) is 37.0 Å². The minimum absolute atomic E-state index is 0.182. The molecule has 0 bridgehead atoms. The van der Waals surface area contributed by atoms with E-state index >= 15 is 0 Å². The molecule has 46 heavy (non-hydrogen) atoms. The number of hydrogen-bond donors (Lipinski definition) is 1. The lowest BCUT2D eigenvalue weighted by Gasteiger charge is -2.37. The summed E-state index contributed by atoms with van der Waals surface area (Å²) in [5.41, 5.74) is 3.56. The molecule has 0 saturated heterocycles. The van der Waals surface area contributed by atoms with Gasteiger partial charge < -0.3 is 23.7 Å². The molecule has 0 spiro atoms. The van der Waals surface area contributed by atoms with Crippen molar-refractivity contribution in [3.8, 4) is 0 Å². The van der Waals surface area contributed by atoms with E-state index < -0.39 is 20.5 Å². The lowest BCUT2D eigenvalue weighted by Crippen LogP contribution is -2.42. The first-order chi connectivity index (χ1) is 21.8. The van der Waals surface area contributed by atoms with E-state index in [-0.39, 0.29) is 23.0 Å². The van der Waals surface area contributed by atoms with Crippen molar-refractivity contribution in [3.05, 3.63) is 96.1 Å². The zero-order valence-electron chi connectivity index (χ0n) is 30.3. The summed E-state index contributed by atoms with van der Waals surface area (Å²) in [6.07, 6.45) is 6.10. The molecule has 0 saturated carbocycles. The molecule has 6 heteroatoms. The predicted octanol–water partition coefficient (Wildman–Crippen LogP) is 9.77. The van der Waals surface area contributed by atoms with Crippen molar-refractivity contribution >= 4 is 8.32 Å². The minimum atomic E-state index is -1.83. The zero-order valence-corrected chi connectivity index (χ0v) is 31.3. The third-order valence-corrected chi connectivity index (χ3v) is 13.8. The maximum Gasteiger partial charge on any atom is 0.192 e. The van der Waals surface area contributed by atoms with Gasteiger partial charge in [0, 0.05) is 26.2 Å². The van der Waals surface area contributed by atoms with Crippen molar-refractivity contribution in [2.24, 2.45) is 17.8 Å². The maximum atomic E-state index is 11.6. The molecule has 5 nitrogen and oxygen atoms in total. The van der Waals surface area contributed by atoms with Gasteiger partial charge in [-0.3, -0.25) is 0 Å². The standard InChI is InChI=1S/C40H64O5Si/c1-11-18-36(30-45-46(9,10)40(5,6)7)24-31(2)23-32(3)25-37(41)39(44-29-35-21-16-13-17-22-35)38(42-8)26-33(4)27-43-28-34-19-14-12-15-20-34/h11-17,19-22,24,32-33,36-39,41H,1,18,23,25-30H2,2-10H3/b31-24+/t32-,33+,36+,37+,38-,39+/m0/s1. The second-order valence-corrected chi connectivity index (χ2v) is 19.7. The Morgan fingerprint density at radius 2 is 1.48 bits per heavy atom. The Balaban J connectivity index is 2.05. The van der Waals surface area contributed by atoms with E-state index in [1.165, 1.54) is 5.57 Å². The van der Waals surface area contributed by atoms with Gasteiger partial charge in [-0.15, -0.1) is 6.58 Å². The van der Waals surface area contributed by atoms with Gasteiger partial charge in [0.1, 0.15) is 6.10 Å². The van der Waals surface area contributed by atoms with E-state index in [9.17, 15) is 5.11 Å². The summed E-state index contributed by atoms with van der Waals surface area (Å²) in [5.74, 6) is 0.805. The summed E-state index contributed by atoms with van der Waals surface area (Å²) < 4.78 is 25.0. The summed E-state index contributed by atoms with van der Waals surface area (Å²) in [7, 11) is -0.109. The Kier molecular flexibility index (Phi) is 17.7. The summed E-state index contributed by atoms with van der Waals surface area (Å²) in [5, 5.41) is 11.8. The van der Waals surface area contributed by atoms with Gasteiger partial charge in [-0.25, -0.2) is 0 Å². The molecule has 0 unspecified atom stereocenters. The van der Waals surface area contributed by atoms with Crippen LogP contribution in [-0.4, -0.2) is 52.1 Å². The Bertz CT molecular complexity index is 1130. The SMILES string of the molecule is C=CC[C@H](/C=C(\C)C[C@H](C)C[C@@H](O)[C@@H](OCc1ccccc1)[C@H](C[C@@H](C)COCc1ccccc1)OC)CO[Si](C)(C)C(C)(C)C.